The van der Waals surface area contributed by atoms with Crippen molar-refractivity contribution in [2.75, 3.05) is 0 Å². The zero-order chi connectivity index (χ0) is 12.3. The largest absolute Gasteiger partial charge is 0.507 e. The number of phenolic OH excluding ortho intramolecular Hbond substituents is 1. The van der Waals surface area contributed by atoms with Gasteiger partial charge in [0.2, 0.25) is 0 Å². The molecular formula is C13H10Cl2OS. The molecule has 2 aromatic carbocycles. The molecule has 0 amide bonds. The Kier molecular flexibility index (Phi) is 4.21. The van der Waals surface area contributed by atoms with Crippen LogP contribution in [0.4, 0.5) is 0 Å². The summed E-state index contributed by atoms with van der Waals surface area (Å²) in [6.45, 7) is 0. The fraction of sp³-hybridized carbons (Fsp3) is 0.0769. The maximum atomic E-state index is 9.63. The molecule has 0 heterocycles. The van der Waals surface area contributed by atoms with Crippen molar-refractivity contribution in [1.29, 1.82) is 0 Å². The minimum absolute atomic E-state index is 0.288. The van der Waals surface area contributed by atoms with E-state index in [1.54, 1.807) is 18.2 Å². The van der Waals surface area contributed by atoms with E-state index in [0.717, 1.165) is 10.5 Å². The fourth-order valence-electron chi connectivity index (χ4n) is 1.39. The average Bonchev–Trinajstić information content (AvgIpc) is 2.33. The molecule has 0 radical (unpaired) electrons. The molecule has 88 valence electrons. The lowest BCUT2D eigenvalue weighted by Crippen LogP contribution is -1.83. The lowest BCUT2D eigenvalue weighted by atomic mass is 10.2. The molecule has 0 aliphatic carbocycles. The van der Waals surface area contributed by atoms with E-state index in [-0.39, 0.29) is 5.75 Å². The molecule has 0 atom stereocenters. The summed E-state index contributed by atoms with van der Waals surface area (Å²) in [5.41, 5.74) is 0.965. The third-order valence-electron chi connectivity index (χ3n) is 2.28. The van der Waals surface area contributed by atoms with Crippen LogP contribution in [0.15, 0.2) is 47.4 Å². The van der Waals surface area contributed by atoms with Gasteiger partial charge in [0, 0.05) is 10.6 Å². The predicted molar refractivity (Wildman–Crippen MR) is 74.1 cm³/mol. The molecule has 2 aromatic rings. The molecule has 0 aliphatic heterocycles. The van der Waals surface area contributed by atoms with E-state index in [0.29, 0.717) is 15.8 Å². The minimum atomic E-state index is 0.288. The average molecular weight is 285 g/mol. The highest BCUT2D eigenvalue weighted by atomic mass is 35.5. The molecule has 1 N–H and O–H groups in total. The molecule has 4 heteroatoms. The van der Waals surface area contributed by atoms with E-state index >= 15 is 0 Å². The summed E-state index contributed by atoms with van der Waals surface area (Å²) in [4.78, 5) is 0.837. The van der Waals surface area contributed by atoms with Gasteiger partial charge in [0.15, 0.2) is 0 Å². The zero-order valence-corrected chi connectivity index (χ0v) is 11.2. The lowest BCUT2D eigenvalue weighted by molar-refractivity contribution is 0.462. The topological polar surface area (TPSA) is 20.2 Å². The van der Waals surface area contributed by atoms with Crippen LogP contribution in [0.5, 0.6) is 5.75 Å². The maximum absolute atomic E-state index is 9.63. The van der Waals surface area contributed by atoms with Crippen molar-refractivity contribution in [2.45, 2.75) is 10.6 Å². The van der Waals surface area contributed by atoms with Crippen molar-refractivity contribution in [1.82, 2.24) is 0 Å². The Bertz CT molecular complexity index is 529. The van der Waals surface area contributed by atoms with E-state index in [1.165, 1.54) is 11.8 Å². The number of para-hydroxylation sites is 1. The molecule has 0 spiro atoms. The Labute approximate surface area is 114 Å². The number of hydrogen-bond donors (Lipinski definition) is 1. The normalized spacial score (nSPS) is 10.5. The summed E-state index contributed by atoms with van der Waals surface area (Å²) < 4.78 is 0. The van der Waals surface area contributed by atoms with Crippen molar-refractivity contribution in [3.63, 3.8) is 0 Å². The number of halogens is 2. The Morgan fingerprint density at radius 2 is 1.76 bits per heavy atom. The summed E-state index contributed by atoms with van der Waals surface area (Å²) >= 11 is 13.6. The van der Waals surface area contributed by atoms with Crippen LogP contribution in [0.2, 0.25) is 10.0 Å². The van der Waals surface area contributed by atoms with Gasteiger partial charge >= 0.3 is 0 Å². The third kappa shape index (κ3) is 3.09. The summed E-state index contributed by atoms with van der Waals surface area (Å²) in [7, 11) is 0. The molecule has 0 bridgehead atoms. The summed E-state index contributed by atoms with van der Waals surface area (Å²) in [5, 5.41) is 10.8. The zero-order valence-electron chi connectivity index (χ0n) is 8.86. The van der Waals surface area contributed by atoms with Crippen LogP contribution in [0, 0.1) is 0 Å². The Balaban J connectivity index is 2.13. The van der Waals surface area contributed by atoms with Crippen molar-refractivity contribution >= 4 is 35.0 Å². The highest BCUT2D eigenvalue weighted by Gasteiger charge is 2.06. The SMILES string of the molecule is Oc1ccccc1SCc1cccc(Cl)c1Cl. The molecule has 0 fully saturated rings. The second-order valence-corrected chi connectivity index (χ2v) is 5.27. The summed E-state index contributed by atoms with van der Waals surface area (Å²) in [6.07, 6.45) is 0. The molecule has 0 aromatic heterocycles. The van der Waals surface area contributed by atoms with E-state index in [2.05, 4.69) is 0 Å². The van der Waals surface area contributed by atoms with Crippen LogP contribution in [0.3, 0.4) is 0 Å². The Morgan fingerprint density at radius 1 is 1.00 bits per heavy atom. The number of aromatic hydroxyl groups is 1. The van der Waals surface area contributed by atoms with Gasteiger partial charge in [-0.3, -0.25) is 0 Å². The standard InChI is InChI=1S/C13H10Cl2OS/c14-10-5-3-4-9(13(10)15)8-17-12-7-2-1-6-11(12)16/h1-7,16H,8H2. The first kappa shape index (κ1) is 12.6. The fourth-order valence-corrected chi connectivity index (χ4v) is 2.80. The van der Waals surface area contributed by atoms with E-state index in [1.807, 2.05) is 24.3 Å². The van der Waals surface area contributed by atoms with Gasteiger partial charge in [0.25, 0.3) is 0 Å². The smallest absolute Gasteiger partial charge is 0.129 e. The molecule has 1 nitrogen and oxygen atoms in total. The van der Waals surface area contributed by atoms with Gasteiger partial charge in [-0.15, -0.1) is 11.8 Å². The quantitative estimate of drug-likeness (QED) is 0.801. The van der Waals surface area contributed by atoms with E-state index in [4.69, 9.17) is 23.2 Å². The van der Waals surface area contributed by atoms with Gasteiger partial charge in [0.1, 0.15) is 5.75 Å². The van der Waals surface area contributed by atoms with Gasteiger partial charge in [-0.25, -0.2) is 0 Å². The molecule has 0 unspecified atom stereocenters. The minimum Gasteiger partial charge on any atom is -0.507 e. The van der Waals surface area contributed by atoms with Crippen LogP contribution in [0.25, 0.3) is 0 Å². The number of hydrogen-bond acceptors (Lipinski definition) is 2. The molecule has 0 aliphatic rings. The number of phenols is 1. The highest BCUT2D eigenvalue weighted by molar-refractivity contribution is 7.98. The first-order valence-electron chi connectivity index (χ1n) is 5.02. The van der Waals surface area contributed by atoms with Gasteiger partial charge in [0.05, 0.1) is 10.0 Å². The maximum Gasteiger partial charge on any atom is 0.129 e. The second-order valence-electron chi connectivity index (χ2n) is 3.47. The highest BCUT2D eigenvalue weighted by Crippen LogP contribution is 2.34. The van der Waals surface area contributed by atoms with Gasteiger partial charge in [-0.2, -0.15) is 0 Å². The first-order chi connectivity index (χ1) is 8.18. The van der Waals surface area contributed by atoms with Crippen molar-refractivity contribution in [3.8, 4) is 5.75 Å². The molecule has 0 saturated carbocycles. The lowest BCUT2D eigenvalue weighted by Gasteiger charge is -2.06. The van der Waals surface area contributed by atoms with Crippen LogP contribution in [-0.4, -0.2) is 5.11 Å². The number of rotatable bonds is 3. The Morgan fingerprint density at radius 3 is 2.53 bits per heavy atom. The van der Waals surface area contributed by atoms with Crippen LogP contribution in [-0.2, 0) is 5.75 Å². The van der Waals surface area contributed by atoms with E-state index < -0.39 is 0 Å². The molecule has 17 heavy (non-hydrogen) atoms. The predicted octanol–water partition coefficient (Wildman–Crippen LogP) is 4.99. The van der Waals surface area contributed by atoms with Crippen LogP contribution >= 0.6 is 35.0 Å². The summed E-state index contributed by atoms with van der Waals surface area (Å²) in [6, 6.07) is 12.8. The molecule has 0 saturated heterocycles. The molecular weight excluding hydrogens is 275 g/mol. The van der Waals surface area contributed by atoms with Gasteiger partial charge in [-0.05, 0) is 23.8 Å². The number of thioether (sulfide) groups is 1. The van der Waals surface area contributed by atoms with E-state index in [9.17, 15) is 5.11 Å². The summed E-state index contributed by atoms with van der Waals surface area (Å²) in [5.74, 6) is 0.965. The van der Waals surface area contributed by atoms with Gasteiger partial charge in [-0.1, -0.05) is 47.5 Å². The molecule has 2 rings (SSSR count). The van der Waals surface area contributed by atoms with Crippen LogP contribution in [0.1, 0.15) is 5.56 Å². The Hall–Kier alpha value is -0.830. The second kappa shape index (κ2) is 5.67. The first-order valence-corrected chi connectivity index (χ1v) is 6.76. The number of benzene rings is 2. The van der Waals surface area contributed by atoms with Crippen molar-refractivity contribution in [2.24, 2.45) is 0 Å². The monoisotopic (exact) mass is 284 g/mol. The van der Waals surface area contributed by atoms with Crippen molar-refractivity contribution in [3.05, 3.63) is 58.1 Å². The van der Waals surface area contributed by atoms with Crippen LogP contribution < -0.4 is 0 Å². The third-order valence-corrected chi connectivity index (χ3v) is 4.25. The van der Waals surface area contributed by atoms with Crippen molar-refractivity contribution < 1.29 is 5.11 Å². The van der Waals surface area contributed by atoms with Gasteiger partial charge < -0.3 is 5.11 Å².